The summed E-state index contributed by atoms with van der Waals surface area (Å²) in [6.07, 6.45) is 1.08. The van der Waals surface area contributed by atoms with Crippen molar-refractivity contribution < 1.29 is 19.4 Å². The molecule has 0 spiro atoms. The number of para-hydroxylation sites is 3. The van der Waals surface area contributed by atoms with Gasteiger partial charge in [-0.2, -0.15) is 10.1 Å². The van der Waals surface area contributed by atoms with Crippen LogP contribution in [0.1, 0.15) is 37.7 Å². The average molecular weight is 464 g/mol. The molecule has 0 aliphatic carbocycles. The van der Waals surface area contributed by atoms with E-state index in [4.69, 9.17) is 14.6 Å². The van der Waals surface area contributed by atoms with E-state index in [0.717, 1.165) is 5.56 Å². The van der Waals surface area contributed by atoms with Crippen LogP contribution in [0.4, 0.5) is 11.6 Å². The van der Waals surface area contributed by atoms with E-state index in [-0.39, 0.29) is 12.5 Å². The molecule has 0 fully saturated rings. The van der Waals surface area contributed by atoms with Crippen molar-refractivity contribution in [3.63, 3.8) is 0 Å². The summed E-state index contributed by atoms with van der Waals surface area (Å²) in [7, 11) is 1.56. The van der Waals surface area contributed by atoms with Crippen LogP contribution >= 0.6 is 0 Å². The summed E-state index contributed by atoms with van der Waals surface area (Å²) in [4.78, 5) is 18.3. The monoisotopic (exact) mass is 463 g/mol. The largest absolute Gasteiger partial charge is 0.495 e. The number of aryl methyl sites for hydroxylation is 1. The maximum Gasteiger partial charge on any atom is 0.255 e. The van der Waals surface area contributed by atoms with E-state index in [1.54, 1.807) is 23.9 Å². The molecule has 1 aliphatic rings. The van der Waals surface area contributed by atoms with E-state index in [9.17, 15) is 9.90 Å². The lowest BCUT2D eigenvalue weighted by Crippen LogP contribution is -2.32. The van der Waals surface area contributed by atoms with Crippen molar-refractivity contribution in [2.45, 2.75) is 32.7 Å². The van der Waals surface area contributed by atoms with E-state index in [1.165, 1.54) is 0 Å². The van der Waals surface area contributed by atoms with Crippen LogP contribution in [0.15, 0.2) is 59.8 Å². The summed E-state index contributed by atoms with van der Waals surface area (Å²) < 4.78 is 13.0. The third kappa shape index (κ3) is 4.60. The van der Waals surface area contributed by atoms with Crippen LogP contribution in [-0.2, 0) is 11.2 Å². The van der Waals surface area contributed by atoms with Crippen molar-refractivity contribution >= 4 is 17.5 Å². The molecule has 0 radical (unpaired) electrons. The maximum atomic E-state index is 13.7. The molecule has 1 aromatic heterocycles. The number of amides is 1. The molecule has 3 aromatic rings. The van der Waals surface area contributed by atoms with Crippen molar-refractivity contribution in [2.24, 2.45) is 0 Å². The van der Waals surface area contributed by atoms with Gasteiger partial charge in [0.25, 0.3) is 5.91 Å². The number of aromatic nitrogens is 3. The highest BCUT2D eigenvalue weighted by molar-refractivity contribution is 6.06. The summed E-state index contributed by atoms with van der Waals surface area (Å²) in [5, 5.41) is 20.1. The SMILES string of the molecule is CCOc1ccccc1[C@H]1C(C(=O)Nc2ccccc2OC)=C(C)Nc2nc(CCCO)nn21. The molecule has 3 N–H and O–H groups in total. The van der Waals surface area contributed by atoms with Crippen LogP contribution < -0.4 is 20.1 Å². The minimum Gasteiger partial charge on any atom is -0.495 e. The van der Waals surface area contributed by atoms with Crippen LogP contribution in [0.3, 0.4) is 0 Å². The second-order valence-corrected chi connectivity index (χ2v) is 7.81. The number of nitrogens with zero attached hydrogens (tertiary/aromatic N) is 3. The first-order valence-corrected chi connectivity index (χ1v) is 11.3. The quantitative estimate of drug-likeness (QED) is 0.445. The summed E-state index contributed by atoms with van der Waals surface area (Å²) in [5.74, 6) is 2.08. The first-order valence-electron chi connectivity index (χ1n) is 11.3. The van der Waals surface area contributed by atoms with Crippen LogP contribution in [-0.4, -0.2) is 46.1 Å². The van der Waals surface area contributed by atoms with Crippen LogP contribution in [0.2, 0.25) is 0 Å². The smallest absolute Gasteiger partial charge is 0.255 e. The lowest BCUT2D eigenvalue weighted by atomic mass is 9.94. The highest BCUT2D eigenvalue weighted by atomic mass is 16.5. The Bertz CT molecular complexity index is 1200. The molecule has 9 nitrogen and oxygen atoms in total. The zero-order valence-electron chi connectivity index (χ0n) is 19.5. The molecule has 0 saturated heterocycles. The minimum atomic E-state index is -0.566. The number of allylic oxidation sites excluding steroid dienone is 1. The van der Waals surface area contributed by atoms with Gasteiger partial charge in [-0.25, -0.2) is 4.68 Å². The maximum absolute atomic E-state index is 13.7. The van der Waals surface area contributed by atoms with Crippen molar-refractivity contribution in [2.75, 3.05) is 31.0 Å². The number of fused-ring (bicyclic) bond motifs is 1. The molecular weight excluding hydrogens is 434 g/mol. The molecule has 4 rings (SSSR count). The molecule has 178 valence electrons. The Labute approximate surface area is 198 Å². The van der Waals surface area contributed by atoms with Crippen LogP contribution in [0.25, 0.3) is 0 Å². The molecular formula is C25H29N5O4. The molecule has 2 heterocycles. The molecule has 9 heteroatoms. The van der Waals surface area contributed by atoms with Gasteiger partial charge in [0.15, 0.2) is 5.82 Å². The average Bonchev–Trinajstić information content (AvgIpc) is 3.25. The predicted octanol–water partition coefficient (Wildman–Crippen LogP) is 3.54. The number of hydrogen-bond donors (Lipinski definition) is 3. The van der Waals surface area contributed by atoms with Crippen molar-refractivity contribution in [1.82, 2.24) is 14.8 Å². The predicted molar refractivity (Wildman–Crippen MR) is 129 cm³/mol. The van der Waals surface area contributed by atoms with E-state index in [1.807, 2.05) is 50.2 Å². The first-order chi connectivity index (χ1) is 16.6. The zero-order valence-corrected chi connectivity index (χ0v) is 19.5. The number of methoxy groups -OCH3 is 1. The molecule has 0 saturated carbocycles. The third-order valence-electron chi connectivity index (χ3n) is 5.57. The molecule has 1 atom stereocenters. The minimum absolute atomic E-state index is 0.0533. The third-order valence-corrected chi connectivity index (χ3v) is 5.57. The van der Waals surface area contributed by atoms with Crippen molar-refractivity contribution in [3.8, 4) is 11.5 Å². The van der Waals surface area contributed by atoms with Crippen molar-refractivity contribution in [3.05, 3.63) is 71.2 Å². The van der Waals surface area contributed by atoms with Crippen molar-refractivity contribution in [1.29, 1.82) is 0 Å². The molecule has 0 unspecified atom stereocenters. The van der Waals surface area contributed by atoms with Gasteiger partial charge in [0.05, 0.1) is 25.0 Å². The highest BCUT2D eigenvalue weighted by Crippen LogP contribution is 2.40. The van der Waals surface area contributed by atoms with Crippen LogP contribution in [0.5, 0.6) is 11.5 Å². The summed E-state index contributed by atoms with van der Waals surface area (Å²) in [5.41, 5.74) is 2.52. The number of carbonyl (C=O) groups is 1. The Hall–Kier alpha value is -3.85. The lowest BCUT2D eigenvalue weighted by Gasteiger charge is -2.29. The number of ether oxygens (including phenoxy) is 2. The second kappa shape index (κ2) is 10.4. The van der Waals surface area contributed by atoms with Gasteiger partial charge in [0, 0.05) is 24.3 Å². The summed E-state index contributed by atoms with van der Waals surface area (Å²) in [6, 6.07) is 14.3. The van der Waals surface area contributed by atoms with E-state index >= 15 is 0 Å². The Kier molecular flexibility index (Phi) is 7.12. The van der Waals surface area contributed by atoms with Gasteiger partial charge in [0.2, 0.25) is 5.95 Å². The molecule has 2 aromatic carbocycles. The fraction of sp³-hybridized carbons (Fsp3) is 0.320. The number of hydrogen-bond acceptors (Lipinski definition) is 7. The number of carbonyl (C=O) groups excluding carboxylic acids is 1. The fourth-order valence-electron chi connectivity index (χ4n) is 4.05. The molecule has 34 heavy (non-hydrogen) atoms. The topological polar surface area (TPSA) is 111 Å². The standard InChI is InChI=1S/C25H29N5O4/c1-4-34-19-12-7-5-10-17(19)23-22(24(32)27-18-11-6-8-13-20(18)33-3)16(2)26-25-28-21(14-9-15-31)29-30(23)25/h5-8,10-13,23,31H,4,9,14-15H2,1-3H3,(H,27,32)(H,26,28,29)/t23-/m0/s1. The zero-order chi connectivity index (χ0) is 24.1. The Morgan fingerprint density at radius 3 is 2.65 bits per heavy atom. The molecule has 1 aliphatic heterocycles. The van der Waals surface area contributed by atoms with E-state index in [2.05, 4.69) is 15.6 Å². The number of benzene rings is 2. The van der Waals surface area contributed by atoms with Gasteiger partial charge in [0.1, 0.15) is 17.5 Å². The fourth-order valence-corrected chi connectivity index (χ4v) is 4.05. The Morgan fingerprint density at radius 1 is 1.18 bits per heavy atom. The van der Waals surface area contributed by atoms with Gasteiger partial charge < -0.3 is 25.2 Å². The first kappa shape index (κ1) is 23.3. The van der Waals surface area contributed by atoms with Gasteiger partial charge in [-0.1, -0.05) is 30.3 Å². The molecule has 1 amide bonds. The van der Waals surface area contributed by atoms with Crippen LogP contribution in [0, 0.1) is 0 Å². The number of rotatable bonds is 9. The van der Waals surface area contributed by atoms with Gasteiger partial charge in [-0.05, 0) is 38.5 Å². The normalized spacial score (nSPS) is 14.9. The molecule has 0 bridgehead atoms. The van der Waals surface area contributed by atoms with E-state index in [0.29, 0.717) is 59.7 Å². The number of anilines is 2. The number of nitrogens with one attached hydrogen (secondary N) is 2. The Balaban J connectivity index is 1.80. The van der Waals surface area contributed by atoms with Gasteiger partial charge in [-0.3, -0.25) is 4.79 Å². The van der Waals surface area contributed by atoms with Gasteiger partial charge in [-0.15, -0.1) is 0 Å². The van der Waals surface area contributed by atoms with E-state index < -0.39 is 6.04 Å². The van der Waals surface area contributed by atoms with Gasteiger partial charge >= 0.3 is 0 Å². The number of aliphatic hydroxyl groups excluding tert-OH is 1. The Morgan fingerprint density at radius 2 is 1.91 bits per heavy atom. The number of aliphatic hydroxyl groups is 1. The second-order valence-electron chi connectivity index (χ2n) is 7.81. The lowest BCUT2D eigenvalue weighted by molar-refractivity contribution is -0.113. The highest BCUT2D eigenvalue weighted by Gasteiger charge is 2.36. The summed E-state index contributed by atoms with van der Waals surface area (Å²) >= 11 is 0. The summed E-state index contributed by atoms with van der Waals surface area (Å²) in [6.45, 7) is 4.31.